The minimum atomic E-state index is 0.213. The molecule has 4 aromatic heterocycles. The maximum Gasteiger partial charge on any atom is 0.226 e. The van der Waals surface area contributed by atoms with Gasteiger partial charge in [-0.3, -0.25) is 9.80 Å². The number of hydrogen-bond donors (Lipinski definition) is 4. The van der Waals surface area contributed by atoms with Crippen LogP contribution in [0.5, 0.6) is 0 Å². The second-order valence-corrected chi connectivity index (χ2v) is 15.8. The van der Waals surface area contributed by atoms with E-state index < -0.39 is 0 Å². The number of piperidine rings is 2. The molecule has 8 rings (SSSR count). The normalized spacial score (nSPS) is 15.7. The number of anilines is 4. The summed E-state index contributed by atoms with van der Waals surface area (Å²) in [5.74, 6) is 1.84. The number of likely N-dealkylation sites (tertiary alicyclic amines) is 2. The van der Waals surface area contributed by atoms with E-state index in [0.717, 1.165) is 108 Å². The van der Waals surface area contributed by atoms with Gasteiger partial charge >= 0.3 is 0 Å². The van der Waals surface area contributed by atoms with Crippen LogP contribution in [0.2, 0.25) is 0 Å². The van der Waals surface area contributed by atoms with Gasteiger partial charge in [-0.15, -0.1) is 0 Å². The van der Waals surface area contributed by atoms with Crippen LogP contribution in [0.25, 0.3) is 22.1 Å². The zero-order chi connectivity index (χ0) is 40.3. The average Bonchev–Trinajstić information content (AvgIpc) is 3.19. The number of hydrogen-bond acceptors (Lipinski definition) is 14. The molecule has 58 heavy (non-hydrogen) atoms. The summed E-state index contributed by atoms with van der Waals surface area (Å²) in [5, 5.41) is 28.0. The molecule has 294 valence electrons. The number of aromatic nitrogens is 6. The molecule has 2 saturated heterocycles. The van der Waals surface area contributed by atoms with Crippen molar-refractivity contribution in [3.63, 3.8) is 0 Å². The fourth-order valence-electron chi connectivity index (χ4n) is 8.40. The first kappa shape index (κ1) is 38.4. The highest BCUT2D eigenvalue weighted by Crippen LogP contribution is 2.28. The molecule has 14 heteroatoms. The van der Waals surface area contributed by atoms with Gasteiger partial charge in [-0.25, -0.2) is 9.97 Å². The van der Waals surface area contributed by atoms with Crippen molar-refractivity contribution in [1.29, 1.82) is 10.5 Å². The highest BCUT2D eigenvalue weighted by Gasteiger charge is 2.23. The molecule has 0 saturated carbocycles. The van der Waals surface area contributed by atoms with Gasteiger partial charge in [0.25, 0.3) is 0 Å². The van der Waals surface area contributed by atoms with Gasteiger partial charge in [-0.2, -0.15) is 30.5 Å². The number of benzene rings is 2. The highest BCUT2D eigenvalue weighted by atomic mass is 15.2. The Morgan fingerprint density at radius 3 is 1.88 bits per heavy atom. The summed E-state index contributed by atoms with van der Waals surface area (Å²) in [5.41, 5.74) is 22.2. The molecular weight excluding hydrogens is 725 g/mol. The maximum atomic E-state index is 10.2. The summed E-state index contributed by atoms with van der Waals surface area (Å²) in [7, 11) is 0. The van der Waals surface area contributed by atoms with Crippen molar-refractivity contribution in [1.82, 2.24) is 39.7 Å². The first-order chi connectivity index (χ1) is 28.1. The second kappa shape index (κ2) is 16.5. The molecule has 0 amide bonds. The van der Waals surface area contributed by atoms with Gasteiger partial charge in [0.1, 0.15) is 11.6 Å². The Bertz CT molecular complexity index is 2580. The molecule has 2 fully saturated rings. The van der Waals surface area contributed by atoms with Crippen molar-refractivity contribution >= 4 is 45.6 Å². The molecule has 6 aromatic rings. The zero-order valence-electron chi connectivity index (χ0n) is 33.3. The predicted molar refractivity (Wildman–Crippen MR) is 227 cm³/mol. The number of nitriles is 2. The summed E-state index contributed by atoms with van der Waals surface area (Å²) in [4.78, 5) is 33.0. The van der Waals surface area contributed by atoms with Crippen molar-refractivity contribution in [2.45, 2.75) is 78.0 Å². The standard InChI is InChI=1S/C44H48N14/c1-26-17-28(3)49-41-37(26)39(47)53-43(55-41)51-35-11-15-58(16-12-35)25-32-8-7-29(20-33(32)23-46)21-36-18-27(2)38-40(48)54-44(56-42(38)50-36)52-34-9-13-57(14-10-34)24-31-6-4-5-30(19-31)22-45/h4-8,17-20,34-35H,9-16,21,24-25H2,1-3H3,(H3,47,49,51,53,55)(H3,48,50,52,54,56). The fraction of sp³-hybridized carbons (Fsp3) is 0.364. The van der Waals surface area contributed by atoms with E-state index in [2.05, 4.69) is 70.7 Å². The average molecular weight is 773 g/mol. The van der Waals surface area contributed by atoms with Crippen molar-refractivity contribution in [3.8, 4) is 12.1 Å². The number of nitrogens with one attached hydrogen (secondary N) is 2. The molecule has 0 unspecified atom stereocenters. The highest BCUT2D eigenvalue weighted by molar-refractivity contribution is 5.90. The Balaban J connectivity index is 0.876. The van der Waals surface area contributed by atoms with Crippen LogP contribution in [-0.4, -0.2) is 78.0 Å². The molecule has 0 bridgehead atoms. The minimum absolute atomic E-state index is 0.213. The smallest absolute Gasteiger partial charge is 0.226 e. The van der Waals surface area contributed by atoms with Gasteiger partial charge in [0.15, 0.2) is 11.3 Å². The van der Waals surface area contributed by atoms with Gasteiger partial charge < -0.3 is 22.1 Å². The maximum absolute atomic E-state index is 10.2. The number of nitrogen functional groups attached to an aromatic ring is 2. The first-order valence-electron chi connectivity index (χ1n) is 19.9. The van der Waals surface area contributed by atoms with E-state index in [1.807, 2.05) is 57.2 Å². The second-order valence-electron chi connectivity index (χ2n) is 15.8. The van der Waals surface area contributed by atoms with Gasteiger partial charge in [0.05, 0.1) is 34.0 Å². The molecule has 2 aliphatic rings. The third kappa shape index (κ3) is 8.59. The Morgan fingerprint density at radius 2 is 1.26 bits per heavy atom. The van der Waals surface area contributed by atoms with E-state index in [0.29, 0.717) is 58.9 Å². The number of pyridine rings is 2. The molecule has 0 radical (unpaired) electrons. The van der Waals surface area contributed by atoms with Crippen LogP contribution in [0.15, 0.2) is 54.6 Å². The predicted octanol–water partition coefficient (Wildman–Crippen LogP) is 5.94. The quantitative estimate of drug-likeness (QED) is 0.127. The SMILES string of the molecule is Cc1cc(C)c2c(N)nc(NC3CCN(Cc4ccc(Cc5cc(C)c6c(N)nc(NC7CCN(Cc8cccc(C#N)c8)CC7)nc6n5)cc4C#N)CC3)nc2n1. The van der Waals surface area contributed by atoms with E-state index in [9.17, 15) is 10.5 Å². The van der Waals surface area contributed by atoms with Crippen LogP contribution >= 0.6 is 0 Å². The third-order valence-electron chi connectivity index (χ3n) is 11.3. The van der Waals surface area contributed by atoms with Gasteiger partial charge in [0.2, 0.25) is 11.9 Å². The molecule has 2 aliphatic heterocycles. The van der Waals surface area contributed by atoms with Crippen LogP contribution in [0.1, 0.15) is 76.0 Å². The molecular formula is C44H48N14. The Hall–Kier alpha value is -6.48. The summed E-state index contributed by atoms with van der Waals surface area (Å²) < 4.78 is 0. The lowest BCUT2D eigenvalue weighted by Gasteiger charge is -2.32. The summed E-state index contributed by atoms with van der Waals surface area (Å²) in [6.45, 7) is 11.1. The lowest BCUT2D eigenvalue weighted by molar-refractivity contribution is 0.211. The van der Waals surface area contributed by atoms with Gasteiger partial charge in [0, 0.05) is 69.2 Å². The van der Waals surface area contributed by atoms with E-state index >= 15 is 0 Å². The molecule has 6 heterocycles. The van der Waals surface area contributed by atoms with Crippen LogP contribution in [-0.2, 0) is 19.5 Å². The molecule has 14 nitrogen and oxygen atoms in total. The van der Waals surface area contributed by atoms with Crippen LogP contribution in [0.4, 0.5) is 23.5 Å². The van der Waals surface area contributed by atoms with E-state index in [1.54, 1.807) is 0 Å². The Kier molecular flexibility index (Phi) is 11.0. The number of aryl methyl sites for hydroxylation is 3. The summed E-state index contributed by atoms with van der Waals surface area (Å²) in [6, 6.07) is 23.1. The largest absolute Gasteiger partial charge is 0.383 e. The monoisotopic (exact) mass is 772 g/mol. The first-order valence-corrected chi connectivity index (χ1v) is 19.9. The third-order valence-corrected chi connectivity index (χ3v) is 11.3. The van der Waals surface area contributed by atoms with Crippen LogP contribution < -0.4 is 22.1 Å². The van der Waals surface area contributed by atoms with Crippen molar-refractivity contribution in [2.24, 2.45) is 0 Å². The Morgan fingerprint density at radius 1 is 0.655 bits per heavy atom. The molecule has 0 spiro atoms. The van der Waals surface area contributed by atoms with E-state index in [-0.39, 0.29) is 12.1 Å². The minimum Gasteiger partial charge on any atom is -0.383 e. The van der Waals surface area contributed by atoms with E-state index in [1.165, 1.54) is 0 Å². The molecule has 2 aromatic carbocycles. The molecule has 0 aliphatic carbocycles. The Labute approximate surface area is 338 Å². The van der Waals surface area contributed by atoms with Crippen molar-refractivity contribution < 1.29 is 0 Å². The van der Waals surface area contributed by atoms with Crippen molar-refractivity contribution in [2.75, 3.05) is 48.3 Å². The number of rotatable bonds is 10. The van der Waals surface area contributed by atoms with Gasteiger partial charge in [-0.05, 0) is 105 Å². The molecule has 6 N–H and O–H groups in total. The summed E-state index contributed by atoms with van der Waals surface area (Å²) in [6.07, 6.45) is 4.27. The van der Waals surface area contributed by atoms with Crippen LogP contribution in [0.3, 0.4) is 0 Å². The van der Waals surface area contributed by atoms with Crippen molar-refractivity contribution in [3.05, 3.63) is 105 Å². The zero-order valence-corrected chi connectivity index (χ0v) is 33.3. The lowest BCUT2D eigenvalue weighted by Crippen LogP contribution is -2.39. The topological polar surface area (TPSA) is 208 Å². The number of nitrogens with two attached hydrogens (primary N) is 2. The lowest BCUT2D eigenvalue weighted by atomic mass is 9.99. The fourth-order valence-corrected chi connectivity index (χ4v) is 8.40. The number of fused-ring (bicyclic) bond motifs is 2. The van der Waals surface area contributed by atoms with Gasteiger partial charge in [-0.1, -0.05) is 24.3 Å². The van der Waals surface area contributed by atoms with E-state index in [4.69, 9.17) is 21.4 Å². The van der Waals surface area contributed by atoms with Crippen LogP contribution in [0, 0.1) is 43.4 Å². The number of nitrogens with zero attached hydrogens (tertiary/aromatic N) is 10. The summed E-state index contributed by atoms with van der Waals surface area (Å²) >= 11 is 0. The molecule has 0 atom stereocenters.